The third kappa shape index (κ3) is 4.87. The lowest BCUT2D eigenvalue weighted by atomic mass is 9.90. The van der Waals surface area contributed by atoms with Gasteiger partial charge in [-0.15, -0.1) is 0 Å². The predicted octanol–water partition coefficient (Wildman–Crippen LogP) is 3.04. The zero-order valence-electron chi connectivity index (χ0n) is 18.1. The highest BCUT2D eigenvalue weighted by Crippen LogP contribution is 2.36. The van der Waals surface area contributed by atoms with Crippen molar-refractivity contribution in [3.8, 4) is 0 Å². The van der Waals surface area contributed by atoms with Crippen LogP contribution >= 0.6 is 0 Å². The van der Waals surface area contributed by atoms with E-state index in [1.54, 1.807) is 0 Å². The summed E-state index contributed by atoms with van der Waals surface area (Å²) in [6.07, 6.45) is 2.99. The Labute approximate surface area is 182 Å². The lowest BCUT2D eigenvalue weighted by molar-refractivity contribution is -0.383. The van der Waals surface area contributed by atoms with Gasteiger partial charge in [-0.1, -0.05) is 30.3 Å². The first-order valence-electron chi connectivity index (χ1n) is 10.9. The summed E-state index contributed by atoms with van der Waals surface area (Å²) in [6, 6.07) is 10.5. The summed E-state index contributed by atoms with van der Waals surface area (Å²) in [5.74, 6) is 1.24. The Balaban J connectivity index is 1.54. The summed E-state index contributed by atoms with van der Waals surface area (Å²) in [5, 5.41) is 11.8. The van der Waals surface area contributed by atoms with Crippen molar-refractivity contribution in [2.24, 2.45) is 5.92 Å². The Hall–Kier alpha value is -2.94. The van der Waals surface area contributed by atoms with E-state index in [1.807, 2.05) is 29.7 Å². The SMILES string of the molecule is CC1CN(c2nc(N)c([N+](=O)[O-])c(N3CCC(Cc4ccccc4)CC3)n2)CC(C)O1. The van der Waals surface area contributed by atoms with Crippen LogP contribution in [0.4, 0.5) is 23.3 Å². The molecule has 0 spiro atoms. The van der Waals surface area contributed by atoms with E-state index in [1.165, 1.54) is 5.56 Å². The van der Waals surface area contributed by atoms with Gasteiger partial charge in [0, 0.05) is 26.2 Å². The van der Waals surface area contributed by atoms with Gasteiger partial charge < -0.3 is 20.3 Å². The van der Waals surface area contributed by atoms with E-state index in [2.05, 4.69) is 34.2 Å². The zero-order chi connectivity index (χ0) is 22.0. The molecule has 9 nitrogen and oxygen atoms in total. The molecule has 3 heterocycles. The summed E-state index contributed by atoms with van der Waals surface area (Å²) < 4.78 is 5.79. The van der Waals surface area contributed by atoms with Gasteiger partial charge in [0.1, 0.15) is 0 Å². The van der Waals surface area contributed by atoms with Crippen LogP contribution in [0.15, 0.2) is 30.3 Å². The van der Waals surface area contributed by atoms with E-state index < -0.39 is 4.92 Å². The molecule has 0 saturated carbocycles. The standard InChI is InChI=1S/C22H30N6O3/c1-15-13-27(14-16(2)31-15)22-24-20(23)19(28(29)30)21(25-22)26-10-8-18(9-11-26)12-17-6-4-3-5-7-17/h3-7,15-16,18H,8-14H2,1-2H3,(H2,23,24,25). The molecule has 2 atom stereocenters. The summed E-state index contributed by atoms with van der Waals surface area (Å²) in [4.78, 5) is 24.2. The molecule has 2 fully saturated rings. The second-order valence-electron chi connectivity index (χ2n) is 8.62. The van der Waals surface area contributed by atoms with E-state index >= 15 is 0 Å². The normalized spacial score (nSPS) is 22.5. The number of piperidine rings is 1. The molecule has 9 heteroatoms. The topological polar surface area (TPSA) is 111 Å². The quantitative estimate of drug-likeness (QED) is 0.574. The van der Waals surface area contributed by atoms with E-state index in [0.29, 0.717) is 43.9 Å². The molecule has 31 heavy (non-hydrogen) atoms. The van der Waals surface area contributed by atoms with E-state index in [4.69, 9.17) is 10.5 Å². The molecule has 2 aliphatic heterocycles. The lowest BCUT2D eigenvalue weighted by Crippen LogP contribution is -2.46. The van der Waals surface area contributed by atoms with Crippen LogP contribution in [-0.2, 0) is 11.2 Å². The highest BCUT2D eigenvalue weighted by atomic mass is 16.6. The van der Waals surface area contributed by atoms with Crippen LogP contribution in [0.3, 0.4) is 0 Å². The molecule has 2 unspecified atom stereocenters. The van der Waals surface area contributed by atoms with Crippen LogP contribution in [0.25, 0.3) is 0 Å². The number of nitrogens with zero attached hydrogens (tertiary/aromatic N) is 5. The van der Waals surface area contributed by atoms with Crippen LogP contribution in [0.5, 0.6) is 0 Å². The van der Waals surface area contributed by atoms with Crippen LogP contribution < -0.4 is 15.5 Å². The van der Waals surface area contributed by atoms with Gasteiger partial charge in [-0.25, -0.2) is 0 Å². The second-order valence-corrected chi connectivity index (χ2v) is 8.62. The summed E-state index contributed by atoms with van der Waals surface area (Å²) in [7, 11) is 0. The van der Waals surface area contributed by atoms with Gasteiger partial charge in [-0.2, -0.15) is 9.97 Å². The fourth-order valence-electron chi connectivity index (χ4n) is 4.62. The van der Waals surface area contributed by atoms with Gasteiger partial charge in [-0.05, 0) is 44.6 Å². The first-order valence-corrected chi connectivity index (χ1v) is 10.9. The van der Waals surface area contributed by atoms with Crippen LogP contribution in [-0.4, -0.2) is 53.3 Å². The van der Waals surface area contributed by atoms with Crippen molar-refractivity contribution in [1.82, 2.24) is 9.97 Å². The third-order valence-corrected chi connectivity index (χ3v) is 6.05. The van der Waals surface area contributed by atoms with Crippen molar-refractivity contribution in [3.63, 3.8) is 0 Å². The number of benzene rings is 1. The third-order valence-electron chi connectivity index (χ3n) is 6.05. The van der Waals surface area contributed by atoms with Crippen LogP contribution in [0.1, 0.15) is 32.3 Å². The Morgan fingerprint density at radius 3 is 2.35 bits per heavy atom. The van der Waals surface area contributed by atoms with Crippen molar-refractivity contribution < 1.29 is 9.66 Å². The maximum atomic E-state index is 11.8. The first-order chi connectivity index (χ1) is 14.9. The molecular formula is C22H30N6O3. The molecule has 0 bridgehead atoms. The molecule has 0 radical (unpaired) electrons. The van der Waals surface area contributed by atoms with Gasteiger partial charge in [0.15, 0.2) is 0 Å². The van der Waals surface area contributed by atoms with Gasteiger partial charge in [0.2, 0.25) is 17.6 Å². The fourth-order valence-corrected chi connectivity index (χ4v) is 4.62. The number of ether oxygens (including phenoxy) is 1. The maximum Gasteiger partial charge on any atom is 0.353 e. The summed E-state index contributed by atoms with van der Waals surface area (Å²) >= 11 is 0. The van der Waals surface area contributed by atoms with Crippen molar-refractivity contribution in [3.05, 3.63) is 46.0 Å². The smallest absolute Gasteiger partial charge is 0.353 e. The fraction of sp³-hybridized carbons (Fsp3) is 0.545. The molecule has 166 valence electrons. The Kier molecular flexibility index (Phi) is 6.22. The van der Waals surface area contributed by atoms with E-state index in [0.717, 1.165) is 19.3 Å². The minimum atomic E-state index is -0.463. The number of anilines is 3. The van der Waals surface area contributed by atoms with E-state index in [-0.39, 0.29) is 23.7 Å². The second kappa shape index (κ2) is 9.05. The van der Waals surface area contributed by atoms with Crippen molar-refractivity contribution in [2.75, 3.05) is 41.7 Å². The predicted molar refractivity (Wildman–Crippen MR) is 120 cm³/mol. The monoisotopic (exact) mass is 426 g/mol. The minimum absolute atomic E-state index is 0.0287. The molecule has 2 saturated heterocycles. The largest absolute Gasteiger partial charge is 0.378 e. The average molecular weight is 427 g/mol. The van der Waals surface area contributed by atoms with Crippen molar-refractivity contribution in [2.45, 2.75) is 45.3 Å². The lowest BCUT2D eigenvalue weighted by Gasteiger charge is -2.36. The minimum Gasteiger partial charge on any atom is -0.378 e. The first kappa shape index (κ1) is 21.3. The molecule has 1 aromatic carbocycles. The molecular weight excluding hydrogens is 396 g/mol. The van der Waals surface area contributed by atoms with Crippen molar-refractivity contribution in [1.29, 1.82) is 0 Å². The molecule has 2 N–H and O–H groups in total. The van der Waals surface area contributed by atoms with Crippen LogP contribution in [0.2, 0.25) is 0 Å². The maximum absolute atomic E-state index is 11.8. The highest BCUT2D eigenvalue weighted by Gasteiger charge is 2.32. The molecule has 1 aromatic heterocycles. The van der Waals surface area contributed by atoms with Gasteiger partial charge in [-0.3, -0.25) is 10.1 Å². The number of morpholine rings is 1. The average Bonchev–Trinajstić information content (AvgIpc) is 2.73. The number of rotatable bonds is 5. The summed E-state index contributed by atoms with van der Waals surface area (Å²) in [5.41, 5.74) is 7.19. The van der Waals surface area contributed by atoms with Gasteiger partial charge in [0.25, 0.3) is 0 Å². The molecule has 0 amide bonds. The summed E-state index contributed by atoms with van der Waals surface area (Å²) in [6.45, 7) is 6.67. The molecule has 2 aromatic rings. The number of nitro groups is 1. The van der Waals surface area contributed by atoms with Gasteiger partial charge >= 0.3 is 5.69 Å². The van der Waals surface area contributed by atoms with E-state index in [9.17, 15) is 10.1 Å². The Morgan fingerprint density at radius 1 is 1.10 bits per heavy atom. The van der Waals surface area contributed by atoms with Crippen molar-refractivity contribution >= 4 is 23.3 Å². The number of nitrogen functional groups attached to an aromatic ring is 1. The number of nitrogens with two attached hydrogens (primary N) is 1. The number of hydrogen-bond acceptors (Lipinski definition) is 8. The highest BCUT2D eigenvalue weighted by molar-refractivity contribution is 5.71. The molecule has 4 rings (SSSR count). The molecule has 2 aliphatic rings. The van der Waals surface area contributed by atoms with Crippen LogP contribution in [0, 0.1) is 16.0 Å². The molecule has 0 aliphatic carbocycles. The number of hydrogen-bond donors (Lipinski definition) is 1. The Bertz CT molecular complexity index is 907. The zero-order valence-corrected chi connectivity index (χ0v) is 18.1. The number of aromatic nitrogens is 2. The van der Waals surface area contributed by atoms with Gasteiger partial charge in [0.05, 0.1) is 17.1 Å². The Morgan fingerprint density at radius 2 is 1.74 bits per heavy atom.